The number of carbonyl (C=O) groups excluding carboxylic acids is 1. The van der Waals surface area contributed by atoms with Crippen molar-refractivity contribution in [3.05, 3.63) is 11.6 Å². The van der Waals surface area contributed by atoms with Gasteiger partial charge in [-0.3, -0.25) is 14.8 Å². The highest BCUT2D eigenvalue weighted by Gasteiger charge is 2.30. The number of likely N-dealkylation sites (tertiary alicyclic amines) is 2. The van der Waals surface area contributed by atoms with Crippen molar-refractivity contribution in [3.63, 3.8) is 0 Å². The average Bonchev–Trinajstić information content (AvgIpc) is 3.09. The molecule has 1 atom stereocenters. The van der Waals surface area contributed by atoms with E-state index in [1.165, 1.54) is 32.4 Å². The third kappa shape index (κ3) is 2.63. The van der Waals surface area contributed by atoms with E-state index in [0.717, 1.165) is 19.5 Å². The fourth-order valence-electron chi connectivity index (χ4n) is 3.12. The van der Waals surface area contributed by atoms with Crippen molar-refractivity contribution in [3.8, 4) is 0 Å². The number of hydrogen-bond acceptors (Lipinski definition) is 4. The van der Waals surface area contributed by atoms with Gasteiger partial charge in [0.15, 0.2) is 0 Å². The summed E-state index contributed by atoms with van der Waals surface area (Å²) in [6, 6.07) is 0.528. The maximum atomic E-state index is 12.3. The minimum absolute atomic E-state index is 0.0340. The molecule has 6 nitrogen and oxygen atoms in total. The molecule has 104 valence electrons. The van der Waals surface area contributed by atoms with E-state index in [2.05, 4.69) is 20.1 Å². The maximum Gasteiger partial charge on any atom is 0.293 e. The number of rotatable bonds is 2. The number of piperidine rings is 1. The van der Waals surface area contributed by atoms with Crippen molar-refractivity contribution in [2.75, 3.05) is 26.2 Å². The summed E-state index contributed by atoms with van der Waals surface area (Å²) in [4.78, 5) is 20.9. The summed E-state index contributed by atoms with van der Waals surface area (Å²) < 4.78 is 0. The van der Waals surface area contributed by atoms with Crippen LogP contribution in [0, 0.1) is 6.92 Å². The Labute approximate surface area is 113 Å². The zero-order chi connectivity index (χ0) is 13.2. The number of hydrogen-bond donors (Lipinski definition) is 1. The summed E-state index contributed by atoms with van der Waals surface area (Å²) in [5, 5.41) is 6.71. The molecule has 0 aliphatic carbocycles. The molecule has 2 aliphatic heterocycles. The second-order valence-corrected chi connectivity index (χ2v) is 5.53. The molecule has 2 saturated heterocycles. The Bertz CT molecular complexity index is 452. The highest BCUT2D eigenvalue weighted by Crippen LogP contribution is 2.21. The van der Waals surface area contributed by atoms with Crippen molar-refractivity contribution in [1.29, 1.82) is 0 Å². The fraction of sp³-hybridized carbons (Fsp3) is 0.769. The van der Waals surface area contributed by atoms with Gasteiger partial charge in [-0.05, 0) is 45.7 Å². The number of amides is 1. The van der Waals surface area contributed by atoms with Crippen LogP contribution in [0.25, 0.3) is 0 Å². The molecule has 19 heavy (non-hydrogen) atoms. The standard InChI is InChI=1S/C13H21N5O/c1-10-14-12(16-15-10)13(19)18-8-4-5-11(9-18)17-6-2-3-7-17/h11H,2-9H2,1H3,(H,14,15,16). The molecule has 0 aromatic carbocycles. The predicted octanol–water partition coefficient (Wildman–Crippen LogP) is 0.814. The Morgan fingerprint density at radius 2 is 2.05 bits per heavy atom. The number of nitrogens with zero attached hydrogens (tertiary/aromatic N) is 4. The largest absolute Gasteiger partial charge is 0.334 e. The molecular weight excluding hydrogens is 242 g/mol. The van der Waals surface area contributed by atoms with Crippen molar-refractivity contribution >= 4 is 5.91 Å². The number of aromatic amines is 1. The van der Waals surface area contributed by atoms with E-state index in [9.17, 15) is 4.79 Å². The van der Waals surface area contributed by atoms with Crippen molar-refractivity contribution in [1.82, 2.24) is 25.0 Å². The first-order valence-electron chi connectivity index (χ1n) is 7.16. The second kappa shape index (κ2) is 5.28. The van der Waals surface area contributed by atoms with Crippen LogP contribution < -0.4 is 0 Å². The number of H-pyrrole nitrogens is 1. The number of nitrogens with one attached hydrogen (secondary N) is 1. The molecular formula is C13H21N5O. The SMILES string of the molecule is Cc1nc(C(=O)N2CCCC(N3CCCC3)C2)n[nH]1. The minimum Gasteiger partial charge on any atom is -0.334 e. The summed E-state index contributed by atoms with van der Waals surface area (Å²) in [5.74, 6) is 0.962. The first kappa shape index (κ1) is 12.6. The number of aromatic nitrogens is 3. The zero-order valence-electron chi connectivity index (χ0n) is 11.4. The van der Waals surface area contributed by atoms with Gasteiger partial charge in [-0.1, -0.05) is 0 Å². The van der Waals surface area contributed by atoms with E-state index in [4.69, 9.17) is 0 Å². The summed E-state index contributed by atoms with van der Waals surface area (Å²) in [7, 11) is 0. The van der Waals surface area contributed by atoms with Crippen LogP contribution in [0.5, 0.6) is 0 Å². The predicted molar refractivity (Wildman–Crippen MR) is 70.9 cm³/mol. The lowest BCUT2D eigenvalue weighted by atomic mass is 10.0. The number of aryl methyl sites for hydroxylation is 1. The monoisotopic (exact) mass is 263 g/mol. The van der Waals surface area contributed by atoms with Gasteiger partial charge in [0.1, 0.15) is 5.82 Å². The first-order valence-corrected chi connectivity index (χ1v) is 7.16. The highest BCUT2D eigenvalue weighted by molar-refractivity contribution is 5.90. The molecule has 0 bridgehead atoms. The van der Waals surface area contributed by atoms with E-state index in [1.54, 1.807) is 0 Å². The van der Waals surface area contributed by atoms with Crippen LogP contribution >= 0.6 is 0 Å². The van der Waals surface area contributed by atoms with Gasteiger partial charge in [0, 0.05) is 19.1 Å². The topological polar surface area (TPSA) is 65.1 Å². The third-order valence-corrected chi connectivity index (χ3v) is 4.13. The molecule has 0 saturated carbocycles. The summed E-state index contributed by atoms with van der Waals surface area (Å²) in [5.41, 5.74) is 0. The highest BCUT2D eigenvalue weighted by atomic mass is 16.2. The zero-order valence-corrected chi connectivity index (χ0v) is 11.4. The normalized spacial score (nSPS) is 24.9. The van der Waals surface area contributed by atoms with E-state index < -0.39 is 0 Å². The van der Waals surface area contributed by atoms with Crippen LogP contribution in [-0.4, -0.2) is 63.1 Å². The molecule has 1 amide bonds. The van der Waals surface area contributed by atoms with Gasteiger partial charge in [0.25, 0.3) is 5.91 Å². The van der Waals surface area contributed by atoms with Gasteiger partial charge >= 0.3 is 0 Å². The minimum atomic E-state index is -0.0340. The van der Waals surface area contributed by atoms with Gasteiger partial charge in [-0.25, -0.2) is 4.98 Å². The molecule has 1 unspecified atom stereocenters. The Balaban J connectivity index is 1.65. The Morgan fingerprint density at radius 1 is 1.26 bits per heavy atom. The lowest BCUT2D eigenvalue weighted by Crippen LogP contribution is -2.49. The van der Waals surface area contributed by atoms with Crippen LogP contribution in [0.4, 0.5) is 0 Å². The van der Waals surface area contributed by atoms with Gasteiger partial charge in [-0.15, -0.1) is 5.10 Å². The van der Waals surface area contributed by atoms with E-state index in [0.29, 0.717) is 17.7 Å². The van der Waals surface area contributed by atoms with Crippen LogP contribution in [-0.2, 0) is 0 Å². The Morgan fingerprint density at radius 3 is 2.74 bits per heavy atom. The Hall–Kier alpha value is -1.43. The van der Waals surface area contributed by atoms with Gasteiger partial charge in [-0.2, -0.15) is 0 Å². The first-order chi connectivity index (χ1) is 9.24. The average molecular weight is 263 g/mol. The third-order valence-electron chi connectivity index (χ3n) is 4.13. The summed E-state index contributed by atoms with van der Waals surface area (Å²) >= 11 is 0. The van der Waals surface area contributed by atoms with Crippen LogP contribution in [0.2, 0.25) is 0 Å². The van der Waals surface area contributed by atoms with Crippen molar-refractivity contribution < 1.29 is 4.79 Å². The van der Waals surface area contributed by atoms with Crippen molar-refractivity contribution in [2.24, 2.45) is 0 Å². The van der Waals surface area contributed by atoms with Gasteiger partial charge in [0.2, 0.25) is 5.82 Å². The van der Waals surface area contributed by atoms with E-state index in [1.807, 2.05) is 11.8 Å². The summed E-state index contributed by atoms with van der Waals surface area (Å²) in [6.45, 7) is 5.84. The lowest BCUT2D eigenvalue weighted by molar-refractivity contribution is 0.0596. The van der Waals surface area contributed by atoms with Gasteiger partial charge in [0.05, 0.1) is 0 Å². The Kier molecular flexibility index (Phi) is 3.50. The molecule has 1 N–H and O–H groups in total. The van der Waals surface area contributed by atoms with Crippen LogP contribution in [0.3, 0.4) is 0 Å². The lowest BCUT2D eigenvalue weighted by Gasteiger charge is -2.37. The molecule has 2 fully saturated rings. The second-order valence-electron chi connectivity index (χ2n) is 5.53. The van der Waals surface area contributed by atoms with E-state index >= 15 is 0 Å². The molecule has 3 rings (SSSR count). The quantitative estimate of drug-likeness (QED) is 0.857. The molecule has 3 heterocycles. The van der Waals surface area contributed by atoms with Crippen LogP contribution in [0.15, 0.2) is 0 Å². The van der Waals surface area contributed by atoms with Gasteiger partial charge < -0.3 is 4.90 Å². The molecule has 1 aromatic heterocycles. The van der Waals surface area contributed by atoms with Crippen molar-refractivity contribution in [2.45, 2.75) is 38.6 Å². The maximum absolute atomic E-state index is 12.3. The fourth-order valence-corrected chi connectivity index (χ4v) is 3.12. The van der Waals surface area contributed by atoms with Crippen LogP contribution in [0.1, 0.15) is 42.1 Å². The number of carbonyl (C=O) groups is 1. The molecule has 0 spiro atoms. The molecule has 6 heteroatoms. The molecule has 1 aromatic rings. The molecule has 2 aliphatic rings. The van der Waals surface area contributed by atoms with E-state index in [-0.39, 0.29) is 5.91 Å². The summed E-state index contributed by atoms with van der Waals surface area (Å²) in [6.07, 6.45) is 4.88. The molecule has 0 radical (unpaired) electrons. The smallest absolute Gasteiger partial charge is 0.293 e.